The summed E-state index contributed by atoms with van der Waals surface area (Å²) in [7, 11) is 2.82. The molecule has 2 aromatic rings. The van der Waals surface area contributed by atoms with Gasteiger partial charge in [0.15, 0.2) is 0 Å². The molecule has 8 nitrogen and oxygen atoms in total. The van der Waals surface area contributed by atoms with Crippen LogP contribution in [0.5, 0.6) is 0 Å². The van der Waals surface area contributed by atoms with Gasteiger partial charge in [-0.05, 0) is 36.8 Å². The summed E-state index contributed by atoms with van der Waals surface area (Å²) in [6, 6.07) is 14.4. The fraction of sp³-hybridized carbons (Fsp3) is 0.261. The summed E-state index contributed by atoms with van der Waals surface area (Å²) in [5, 5.41) is 2.88. The van der Waals surface area contributed by atoms with Crippen molar-refractivity contribution in [3.05, 3.63) is 77.0 Å². The van der Waals surface area contributed by atoms with E-state index in [0.717, 1.165) is 0 Å². The summed E-state index contributed by atoms with van der Waals surface area (Å²) in [5.41, 5.74) is 2.37. The number of hydrogen-bond acceptors (Lipinski definition) is 6. The standard InChI is InChI=1S/C23H24N2O6/c1-15-19(22(27)31-14-13-29-2)20(16-9-11-17(12-10-16)21(26)30-3)24-23(28)25(15)18-7-5-4-6-8-18/h4-12,20H,13-14H2,1-3H3,(H,24,28). The molecule has 0 aliphatic carbocycles. The van der Waals surface area contributed by atoms with Crippen LogP contribution >= 0.6 is 0 Å². The Morgan fingerprint density at radius 3 is 2.26 bits per heavy atom. The zero-order chi connectivity index (χ0) is 22.4. The first-order valence-corrected chi connectivity index (χ1v) is 9.68. The van der Waals surface area contributed by atoms with E-state index in [2.05, 4.69) is 5.32 Å². The van der Waals surface area contributed by atoms with Crippen LogP contribution in [-0.2, 0) is 19.0 Å². The van der Waals surface area contributed by atoms with Crippen molar-refractivity contribution in [2.45, 2.75) is 13.0 Å². The average Bonchev–Trinajstić information content (AvgIpc) is 2.79. The lowest BCUT2D eigenvalue weighted by Gasteiger charge is -2.35. The number of amides is 2. The Morgan fingerprint density at radius 2 is 1.65 bits per heavy atom. The molecule has 1 atom stereocenters. The highest BCUT2D eigenvalue weighted by molar-refractivity contribution is 6.03. The van der Waals surface area contributed by atoms with E-state index < -0.39 is 18.0 Å². The fourth-order valence-corrected chi connectivity index (χ4v) is 3.37. The number of rotatable bonds is 7. The number of methoxy groups -OCH3 is 2. The van der Waals surface area contributed by atoms with Crippen molar-refractivity contribution < 1.29 is 28.6 Å². The molecule has 0 aromatic heterocycles. The third kappa shape index (κ3) is 4.75. The number of allylic oxidation sites excluding steroid dienone is 1. The monoisotopic (exact) mass is 424 g/mol. The van der Waals surface area contributed by atoms with Crippen molar-refractivity contribution in [1.29, 1.82) is 0 Å². The number of para-hydroxylation sites is 1. The van der Waals surface area contributed by atoms with Crippen LogP contribution in [0.25, 0.3) is 0 Å². The number of ether oxygens (including phenoxy) is 3. The molecule has 0 saturated carbocycles. The van der Waals surface area contributed by atoms with Gasteiger partial charge in [0, 0.05) is 12.8 Å². The minimum atomic E-state index is -0.741. The number of anilines is 1. The van der Waals surface area contributed by atoms with Gasteiger partial charge in [-0.25, -0.2) is 14.4 Å². The molecule has 1 aliphatic heterocycles. The number of carbonyl (C=O) groups is 3. The molecule has 1 unspecified atom stereocenters. The van der Waals surface area contributed by atoms with Gasteiger partial charge in [0.1, 0.15) is 6.61 Å². The van der Waals surface area contributed by atoms with Crippen LogP contribution < -0.4 is 10.2 Å². The van der Waals surface area contributed by atoms with Gasteiger partial charge in [0.2, 0.25) is 0 Å². The Morgan fingerprint density at radius 1 is 0.968 bits per heavy atom. The van der Waals surface area contributed by atoms with Crippen molar-refractivity contribution >= 4 is 23.7 Å². The average molecular weight is 424 g/mol. The van der Waals surface area contributed by atoms with Gasteiger partial charge in [-0.15, -0.1) is 0 Å². The summed E-state index contributed by atoms with van der Waals surface area (Å²) in [6.07, 6.45) is 0. The Hall–Kier alpha value is -3.65. The first kappa shape index (κ1) is 22.0. The highest BCUT2D eigenvalue weighted by atomic mass is 16.6. The first-order chi connectivity index (χ1) is 15.0. The lowest BCUT2D eigenvalue weighted by Crippen LogP contribution is -2.48. The largest absolute Gasteiger partial charge is 0.465 e. The molecule has 0 saturated heterocycles. The Labute approximate surface area is 180 Å². The predicted octanol–water partition coefficient (Wildman–Crippen LogP) is 3.21. The second kappa shape index (κ2) is 9.90. The fourth-order valence-electron chi connectivity index (χ4n) is 3.37. The summed E-state index contributed by atoms with van der Waals surface area (Å²) in [5.74, 6) is -1.03. The topological polar surface area (TPSA) is 94.2 Å². The number of nitrogens with one attached hydrogen (secondary N) is 1. The van der Waals surface area contributed by atoms with Gasteiger partial charge >= 0.3 is 18.0 Å². The molecular formula is C23H24N2O6. The van der Waals surface area contributed by atoms with E-state index in [9.17, 15) is 14.4 Å². The molecule has 1 N–H and O–H groups in total. The van der Waals surface area contributed by atoms with Crippen LogP contribution in [0.2, 0.25) is 0 Å². The second-order valence-corrected chi connectivity index (χ2v) is 6.79. The molecule has 162 valence electrons. The maximum Gasteiger partial charge on any atom is 0.338 e. The molecule has 31 heavy (non-hydrogen) atoms. The number of hydrogen-bond donors (Lipinski definition) is 1. The van der Waals surface area contributed by atoms with Gasteiger partial charge in [-0.3, -0.25) is 4.90 Å². The van der Waals surface area contributed by atoms with Crippen LogP contribution in [0.1, 0.15) is 28.9 Å². The summed E-state index contributed by atoms with van der Waals surface area (Å²) in [4.78, 5) is 39.1. The van der Waals surface area contributed by atoms with E-state index in [1.807, 2.05) is 18.2 Å². The Balaban J connectivity index is 2.03. The minimum Gasteiger partial charge on any atom is -0.465 e. The highest BCUT2D eigenvalue weighted by Gasteiger charge is 2.37. The van der Waals surface area contributed by atoms with Crippen LogP contribution in [0.15, 0.2) is 65.9 Å². The maximum atomic E-state index is 13.0. The number of benzene rings is 2. The van der Waals surface area contributed by atoms with Crippen molar-refractivity contribution in [2.24, 2.45) is 0 Å². The van der Waals surface area contributed by atoms with E-state index in [1.54, 1.807) is 43.3 Å². The molecule has 1 aliphatic rings. The van der Waals surface area contributed by atoms with Crippen molar-refractivity contribution in [3.8, 4) is 0 Å². The summed E-state index contributed by atoms with van der Waals surface area (Å²) < 4.78 is 15.0. The Kier molecular flexibility index (Phi) is 7.04. The van der Waals surface area contributed by atoms with Gasteiger partial charge in [0.05, 0.1) is 36.6 Å². The van der Waals surface area contributed by atoms with Crippen molar-refractivity contribution in [3.63, 3.8) is 0 Å². The van der Waals surface area contributed by atoms with E-state index in [1.165, 1.54) is 19.1 Å². The normalized spacial score (nSPS) is 16.0. The molecule has 0 radical (unpaired) electrons. The molecule has 1 heterocycles. The summed E-state index contributed by atoms with van der Waals surface area (Å²) in [6.45, 7) is 2.04. The zero-order valence-corrected chi connectivity index (χ0v) is 17.6. The zero-order valence-electron chi connectivity index (χ0n) is 17.6. The number of urea groups is 1. The quantitative estimate of drug-likeness (QED) is 0.542. The molecular weight excluding hydrogens is 400 g/mol. The molecule has 0 bridgehead atoms. The summed E-state index contributed by atoms with van der Waals surface area (Å²) >= 11 is 0. The third-order valence-electron chi connectivity index (χ3n) is 4.90. The molecule has 0 spiro atoms. The van der Waals surface area contributed by atoms with Crippen LogP contribution in [0, 0.1) is 0 Å². The molecule has 8 heteroatoms. The predicted molar refractivity (Wildman–Crippen MR) is 114 cm³/mol. The molecule has 2 amide bonds. The van der Waals surface area contributed by atoms with E-state index >= 15 is 0 Å². The van der Waals surface area contributed by atoms with Gasteiger partial charge in [-0.1, -0.05) is 30.3 Å². The van der Waals surface area contributed by atoms with Crippen LogP contribution in [0.3, 0.4) is 0 Å². The highest BCUT2D eigenvalue weighted by Crippen LogP contribution is 2.34. The first-order valence-electron chi connectivity index (χ1n) is 9.68. The number of esters is 2. The minimum absolute atomic E-state index is 0.0827. The maximum absolute atomic E-state index is 13.0. The van der Waals surface area contributed by atoms with Crippen LogP contribution in [-0.4, -0.2) is 45.4 Å². The van der Waals surface area contributed by atoms with Gasteiger partial charge in [0.25, 0.3) is 0 Å². The molecule has 0 fully saturated rings. The SMILES string of the molecule is COCCOC(=O)C1=C(C)N(c2ccccc2)C(=O)NC1c1ccc(C(=O)OC)cc1. The third-order valence-corrected chi connectivity index (χ3v) is 4.90. The smallest absolute Gasteiger partial charge is 0.338 e. The van der Waals surface area contributed by atoms with Gasteiger partial charge in [-0.2, -0.15) is 0 Å². The van der Waals surface area contributed by atoms with Crippen molar-refractivity contribution in [1.82, 2.24) is 5.32 Å². The second-order valence-electron chi connectivity index (χ2n) is 6.79. The number of carbonyl (C=O) groups excluding carboxylic acids is 3. The van der Waals surface area contributed by atoms with Gasteiger partial charge < -0.3 is 19.5 Å². The molecule has 2 aromatic carbocycles. The Bertz CT molecular complexity index is 985. The van der Waals surface area contributed by atoms with E-state index in [4.69, 9.17) is 14.2 Å². The van der Waals surface area contributed by atoms with Crippen molar-refractivity contribution in [2.75, 3.05) is 32.3 Å². The van der Waals surface area contributed by atoms with Crippen LogP contribution in [0.4, 0.5) is 10.5 Å². The number of nitrogens with zero attached hydrogens (tertiary/aromatic N) is 1. The lowest BCUT2D eigenvalue weighted by molar-refractivity contribution is -0.140. The molecule has 3 rings (SSSR count). The van der Waals surface area contributed by atoms with E-state index in [0.29, 0.717) is 28.1 Å². The lowest BCUT2D eigenvalue weighted by atomic mass is 9.94. The van der Waals surface area contributed by atoms with E-state index in [-0.39, 0.29) is 19.2 Å².